The van der Waals surface area contributed by atoms with Crippen molar-refractivity contribution < 1.29 is 22.7 Å². The quantitative estimate of drug-likeness (QED) is 0.343. The molecule has 1 aromatic rings. The van der Waals surface area contributed by atoms with E-state index in [9.17, 15) is 18.0 Å². The van der Waals surface area contributed by atoms with Crippen molar-refractivity contribution >= 4 is 5.97 Å². The van der Waals surface area contributed by atoms with Gasteiger partial charge in [-0.2, -0.15) is 13.2 Å². The highest BCUT2D eigenvalue weighted by Gasteiger charge is 2.35. The van der Waals surface area contributed by atoms with Crippen LogP contribution in [0, 0.1) is 0 Å². The first-order valence-electron chi connectivity index (χ1n) is 8.80. The molecular weight excluding hydrogens is 317 g/mol. The van der Waals surface area contributed by atoms with Crippen molar-refractivity contribution in [1.29, 1.82) is 0 Å². The Morgan fingerprint density at radius 3 is 2.04 bits per heavy atom. The lowest BCUT2D eigenvalue weighted by atomic mass is 10.1. The lowest BCUT2D eigenvalue weighted by Crippen LogP contribution is -2.15. The molecule has 24 heavy (non-hydrogen) atoms. The third kappa shape index (κ3) is 7.84. The van der Waals surface area contributed by atoms with E-state index in [1.54, 1.807) is 0 Å². The lowest BCUT2D eigenvalue weighted by Gasteiger charge is -2.12. The molecule has 2 nitrogen and oxygen atoms in total. The molecule has 0 aliphatic rings. The molecule has 0 saturated carbocycles. The maximum absolute atomic E-state index is 12.8. The van der Waals surface area contributed by atoms with Crippen LogP contribution in [-0.4, -0.2) is 12.6 Å². The van der Waals surface area contributed by atoms with E-state index in [-0.39, 0.29) is 6.61 Å². The molecule has 136 valence electrons. The second-order valence-electron chi connectivity index (χ2n) is 6.01. The zero-order valence-electron chi connectivity index (χ0n) is 14.3. The minimum atomic E-state index is -4.55. The van der Waals surface area contributed by atoms with Crippen molar-refractivity contribution in [2.75, 3.05) is 6.61 Å². The molecule has 0 N–H and O–H groups in total. The molecule has 0 unspecified atom stereocenters. The van der Waals surface area contributed by atoms with Crippen LogP contribution in [0.3, 0.4) is 0 Å². The molecule has 0 spiro atoms. The molecule has 0 fully saturated rings. The monoisotopic (exact) mass is 344 g/mol. The number of unbranched alkanes of at least 4 members (excludes halogenated alkanes) is 8. The van der Waals surface area contributed by atoms with Crippen molar-refractivity contribution in [3.05, 3.63) is 35.4 Å². The van der Waals surface area contributed by atoms with Crippen LogP contribution in [0.15, 0.2) is 24.3 Å². The van der Waals surface area contributed by atoms with Gasteiger partial charge in [0, 0.05) is 0 Å². The minimum absolute atomic E-state index is 0.168. The van der Waals surface area contributed by atoms with Crippen LogP contribution in [-0.2, 0) is 10.9 Å². The topological polar surface area (TPSA) is 26.3 Å². The summed E-state index contributed by atoms with van der Waals surface area (Å²) >= 11 is 0. The van der Waals surface area contributed by atoms with E-state index < -0.39 is 23.3 Å². The Morgan fingerprint density at radius 2 is 1.46 bits per heavy atom. The molecule has 0 aliphatic carbocycles. The highest BCUT2D eigenvalue weighted by atomic mass is 19.4. The van der Waals surface area contributed by atoms with Gasteiger partial charge in [-0.15, -0.1) is 0 Å². The first-order chi connectivity index (χ1) is 11.5. The first kappa shape index (κ1) is 20.5. The maximum atomic E-state index is 12.8. The van der Waals surface area contributed by atoms with E-state index in [1.165, 1.54) is 44.2 Å². The van der Waals surface area contributed by atoms with Crippen molar-refractivity contribution in [2.45, 2.75) is 70.9 Å². The van der Waals surface area contributed by atoms with Gasteiger partial charge in [0.1, 0.15) is 0 Å². The van der Waals surface area contributed by atoms with Crippen LogP contribution in [0.4, 0.5) is 13.2 Å². The molecule has 5 heteroatoms. The van der Waals surface area contributed by atoms with Gasteiger partial charge in [-0.1, -0.05) is 70.4 Å². The Hall–Kier alpha value is -1.52. The number of halogens is 3. The molecule has 0 aromatic heterocycles. The van der Waals surface area contributed by atoms with Gasteiger partial charge in [-0.25, -0.2) is 4.79 Å². The molecular formula is C19H27F3O2. The number of esters is 1. The third-order valence-electron chi connectivity index (χ3n) is 3.93. The standard InChI is InChI=1S/C19H27F3O2/c1-2-3-4-5-6-7-8-9-12-15-24-18(23)16-13-10-11-14-17(16)19(20,21)22/h10-11,13-14H,2-9,12,15H2,1H3. The smallest absolute Gasteiger partial charge is 0.417 e. The van der Waals surface area contributed by atoms with Gasteiger partial charge in [0.2, 0.25) is 0 Å². The summed E-state index contributed by atoms with van der Waals surface area (Å²) in [6.07, 6.45) is 5.60. The average molecular weight is 344 g/mol. The number of ether oxygens (including phenoxy) is 1. The maximum Gasteiger partial charge on any atom is 0.417 e. The molecule has 0 bridgehead atoms. The minimum Gasteiger partial charge on any atom is -0.462 e. The highest BCUT2D eigenvalue weighted by molar-refractivity contribution is 5.91. The Labute approximate surface area is 142 Å². The van der Waals surface area contributed by atoms with Crippen molar-refractivity contribution in [3.8, 4) is 0 Å². The number of hydrogen-bond donors (Lipinski definition) is 0. The SMILES string of the molecule is CCCCCCCCCCCOC(=O)c1ccccc1C(F)(F)F. The Kier molecular flexibility index (Phi) is 9.50. The summed E-state index contributed by atoms with van der Waals surface area (Å²) in [6, 6.07) is 4.72. The zero-order chi connectivity index (χ0) is 17.8. The molecule has 0 aliphatic heterocycles. The Morgan fingerprint density at radius 1 is 0.917 bits per heavy atom. The number of benzene rings is 1. The zero-order valence-corrected chi connectivity index (χ0v) is 14.3. The van der Waals surface area contributed by atoms with Crippen LogP contribution < -0.4 is 0 Å². The highest BCUT2D eigenvalue weighted by Crippen LogP contribution is 2.32. The number of carbonyl (C=O) groups is 1. The van der Waals surface area contributed by atoms with Crippen LogP contribution in [0.1, 0.15) is 80.6 Å². The summed E-state index contributed by atoms with van der Waals surface area (Å²) in [4.78, 5) is 11.8. The summed E-state index contributed by atoms with van der Waals surface area (Å²) in [5.74, 6) is -0.900. The third-order valence-corrected chi connectivity index (χ3v) is 3.93. The summed E-state index contributed by atoms with van der Waals surface area (Å²) in [7, 11) is 0. The fraction of sp³-hybridized carbons (Fsp3) is 0.632. The normalized spacial score (nSPS) is 11.5. The average Bonchev–Trinajstić information content (AvgIpc) is 2.55. The Bertz CT molecular complexity index is 484. The van der Waals surface area contributed by atoms with E-state index >= 15 is 0 Å². The first-order valence-corrected chi connectivity index (χ1v) is 8.80. The number of alkyl halides is 3. The van der Waals surface area contributed by atoms with Gasteiger partial charge in [-0.3, -0.25) is 0 Å². The Balaban J connectivity index is 2.21. The molecule has 0 amide bonds. The van der Waals surface area contributed by atoms with E-state index in [2.05, 4.69) is 6.92 Å². The number of carbonyl (C=O) groups excluding carboxylic acids is 1. The van der Waals surface area contributed by atoms with Crippen LogP contribution in [0.25, 0.3) is 0 Å². The summed E-state index contributed by atoms with van der Waals surface area (Å²) in [5.41, 5.74) is -1.36. The van der Waals surface area contributed by atoms with Crippen LogP contribution >= 0.6 is 0 Å². The lowest BCUT2D eigenvalue weighted by molar-refractivity contribution is -0.138. The predicted molar refractivity (Wildman–Crippen MR) is 89.0 cm³/mol. The molecule has 1 aromatic carbocycles. The van der Waals surface area contributed by atoms with Gasteiger partial charge in [0.25, 0.3) is 0 Å². The summed E-state index contributed by atoms with van der Waals surface area (Å²) in [6.45, 7) is 2.36. The van der Waals surface area contributed by atoms with Gasteiger partial charge < -0.3 is 4.74 Å². The van der Waals surface area contributed by atoms with Gasteiger partial charge in [0.05, 0.1) is 17.7 Å². The molecule has 0 saturated heterocycles. The van der Waals surface area contributed by atoms with Gasteiger partial charge in [-0.05, 0) is 18.6 Å². The van der Waals surface area contributed by atoms with E-state index in [4.69, 9.17) is 4.74 Å². The van der Waals surface area contributed by atoms with E-state index in [1.807, 2.05) is 0 Å². The number of rotatable bonds is 11. The van der Waals surface area contributed by atoms with E-state index in [0.29, 0.717) is 6.42 Å². The molecule has 0 heterocycles. The molecule has 0 radical (unpaired) electrons. The van der Waals surface area contributed by atoms with Crippen molar-refractivity contribution in [1.82, 2.24) is 0 Å². The van der Waals surface area contributed by atoms with Crippen LogP contribution in [0.5, 0.6) is 0 Å². The number of hydrogen-bond acceptors (Lipinski definition) is 2. The van der Waals surface area contributed by atoms with Crippen LogP contribution in [0.2, 0.25) is 0 Å². The summed E-state index contributed by atoms with van der Waals surface area (Å²) < 4.78 is 43.5. The van der Waals surface area contributed by atoms with E-state index in [0.717, 1.165) is 31.4 Å². The van der Waals surface area contributed by atoms with Gasteiger partial charge >= 0.3 is 12.1 Å². The largest absolute Gasteiger partial charge is 0.462 e. The molecule has 1 rings (SSSR count). The fourth-order valence-electron chi connectivity index (χ4n) is 2.56. The van der Waals surface area contributed by atoms with Gasteiger partial charge in [0.15, 0.2) is 0 Å². The van der Waals surface area contributed by atoms with Crippen molar-refractivity contribution in [2.24, 2.45) is 0 Å². The summed E-state index contributed by atoms with van der Waals surface area (Å²) in [5, 5.41) is 0. The molecule has 0 atom stereocenters. The second-order valence-corrected chi connectivity index (χ2v) is 6.01. The second kappa shape index (κ2) is 11.1. The fourth-order valence-corrected chi connectivity index (χ4v) is 2.56. The van der Waals surface area contributed by atoms with Crippen molar-refractivity contribution in [3.63, 3.8) is 0 Å². The predicted octanol–water partition coefficient (Wildman–Crippen LogP) is 6.39.